The molecule has 0 heterocycles. The molecule has 0 radical (unpaired) electrons. The molecule has 1 aromatic carbocycles. The number of hydrogen-bond donors (Lipinski definition) is 1. The van der Waals surface area contributed by atoms with Gasteiger partial charge in [-0.05, 0) is 12.1 Å². The number of anilines is 1. The van der Waals surface area contributed by atoms with Crippen molar-refractivity contribution < 1.29 is 9.59 Å². The van der Waals surface area contributed by atoms with Crippen LogP contribution in [0.15, 0.2) is 30.3 Å². The third-order valence-corrected chi connectivity index (χ3v) is 0.800. The zero-order valence-electron chi connectivity index (χ0n) is 6.19. The fraction of sp³-hybridized carbons (Fsp3) is 0. The fourth-order valence-electron chi connectivity index (χ4n) is 0.453. The summed E-state index contributed by atoms with van der Waals surface area (Å²) in [6.07, 6.45) is 0. The van der Waals surface area contributed by atoms with Crippen molar-refractivity contribution in [2.75, 3.05) is 5.73 Å². The smallest absolute Gasteiger partial charge is 0.106 e. The van der Waals surface area contributed by atoms with E-state index in [1.54, 1.807) is 0 Å². The van der Waals surface area contributed by atoms with Crippen LogP contribution in [0.2, 0.25) is 0 Å². The van der Waals surface area contributed by atoms with E-state index in [1.165, 1.54) is 0 Å². The molecule has 1 rings (SSSR count). The van der Waals surface area contributed by atoms with Gasteiger partial charge in [0.25, 0.3) is 0 Å². The molecule has 0 aliphatic carbocycles. The average Bonchev–Trinajstić information content (AvgIpc) is 2.13. The van der Waals surface area contributed by atoms with Crippen LogP contribution >= 0.6 is 0 Å². The number of rotatable bonds is 0. The van der Waals surface area contributed by atoms with Crippen molar-refractivity contribution in [2.24, 2.45) is 0 Å². The average molecular weight is 153 g/mol. The fourth-order valence-corrected chi connectivity index (χ4v) is 0.453. The lowest BCUT2D eigenvalue weighted by atomic mass is 10.3. The van der Waals surface area contributed by atoms with Crippen molar-refractivity contribution in [3.05, 3.63) is 30.3 Å². The van der Waals surface area contributed by atoms with Crippen molar-refractivity contribution >= 4 is 19.3 Å². The van der Waals surface area contributed by atoms with Gasteiger partial charge in [-0.1, -0.05) is 18.2 Å². The van der Waals surface area contributed by atoms with Gasteiger partial charge in [-0.15, -0.1) is 0 Å². The van der Waals surface area contributed by atoms with Crippen molar-refractivity contribution in [3.63, 3.8) is 0 Å². The van der Waals surface area contributed by atoms with Crippen LogP contribution in [-0.2, 0) is 9.59 Å². The predicted molar refractivity (Wildman–Crippen MR) is 45.1 cm³/mol. The lowest BCUT2D eigenvalue weighted by Gasteiger charge is -1.83. The molecule has 60 valence electrons. The molecule has 0 unspecified atom stereocenters. The van der Waals surface area contributed by atoms with E-state index in [2.05, 4.69) is 0 Å². The summed E-state index contributed by atoms with van der Waals surface area (Å²) in [5.74, 6) is 0. The van der Waals surface area contributed by atoms with Gasteiger partial charge < -0.3 is 15.3 Å². The number of benzene rings is 1. The summed E-state index contributed by atoms with van der Waals surface area (Å²) >= 11 is 0. The molecule has 3 heteroatoms. The van der Waals surface area contributed by atoms with Crippen molar-refractivity contribution in [3.8, 4) is 0 Å². The van der Waals surface area contributed by atoms with Crippen LogP contribution in [0.4, 0.5) is 5.69 Å². The first-order valence-electron chi connectivity index (χ1n) is 2.78. The van der Waals surface area contributed by atoms with Crippen LogP contribution in [0.25, 0.3) is 0 Å². The van der Waals surface area contributed by atoms with Gasteiger partial charge in [0, 0.05) is 5.69 Å². The largest absolute Gasteiger partial charge is 0.399 e. The van der Waals surface area contributed by atoms with Gasteiger partial charge in [0.05, 0.1) is 0 Å². The second-order valence-corrected chi connectivity index (χ2v) is 1.41. The summed E-state index contributed by atoms with van der Waals surface area (Å²) in [7, 11) is 0. The quantitative estimate of drug-likeness (QED) is 0.563. The summed E-state index contributed by atoms with van der Waals surface area (Å²) < 4.78 is 0. The normalized spacial score (nSPS) is 6.18. The topological polar surface area (TPSA) is 60.2 Å². The van der Waals surface area contributed by atoms with Gasteiger partial charge in [0.15, 0.2) is 0 Å². The molecule has 0 saturated carbocycles. The number of carbonyl (C=O) groups excluding carboxylic acids is 2. The van der Waals surface area contributed by atoms with E-state index in [4.69, 9.17) is 15.3 Å². The molecule has 0 fully saturated rings. The second kappa shape index (κ2) is 11.2. The maximum atomic E-state index is 8.00. The highest BCUT2D eigenvalue weighted by Gasteiger charge is 1.72. The van der Waals surface area contributed by atoms with E-state index in [1.807, 2.05) is 43.9 Å². The second-order valence-electron chi connectivity index (χ2n) is 1.41. The highest BCUT2D eigenvalue weighted by Crippen LogP contribution is 1.95. The molecule has 0 aromatic heterocycles. The first kappa shape index (κ1) is 12.1. The third-order valence-electron chi connectivity index (χ3n) is 0.800. The number of nitrogen functional groups attached to an aromatic ring is 1. The molecule has 0 saturated heterocycles. The number of hydrogen-bond acceptors (Lipinski definition) is 3. The van der Waals surface area contributed by atoms with Crippen molar-refractivity contribution in [1.29, 1.82) is 0 Å². The Morgan fingerprint density at radius 2 is 1.27 bits per heavy atom. The molecule has 0 amide bonds. The van der Waals surface area contributed by atoms with Gasteiger partial charge in [0.2, 0.25) is 0 Å². The number of carbonyl (C=O) groups is 2. The monoisotopic (exact) mass is 153 g/mol. The Kier molecular flexibility index (Phi) is 12.3. The summed E-state index contributed by atoms with van der Waals surface area (Å²) in [4.78, 5) is 16.0. The van der Waals surface area contributed by atoms with Crippen LogP contribution in [-0.4, -0.2) is 13.6 Å². The van der Waals surface area contributed by atoms with Gasteiger partial charge in [0.1, 0.15) is 13.6 Å². The Bertz CT molecular complexity index is 163. The van der Waals surface area contributed by atoms with E-state index in [0.29, 0.717) is 0 Å². The standard InChI is InChI=1S/C6H7N.2CH2O/c7-6-4-2-1-3-5-6;2*1-2/h1-5H,7H2;2*1H2. The molecule has 1 aromatic rings. The molecular weight excluding hydrogens is 142 g/mol. The molecule has 0 aliphatic rings. The minimum atomic E-state index is 0.822. The minimum Gasteiger partial charge on any atom is -0.399 e. The number of para-hydroxylation sites is 1. The van der Waals surface area contributed by atoms with E-state index in [-0.39, 0.29) is 0 Å². The zero-order valence-corrected chi connectivity index (χ0v) is 6.19. The third kappa shape index (κ3) is 8.36. The first-order valence-corrected chi connectivity index (χ1v) is 2.78. The van der Waals surface area contributed by atoms with E-state index >= 15 is 0 Å². The Labute approximate surface area is 65.8 Å². The molecule has 0 aliphatic heterocycles. The van der Waals surface area contributed by atoms with Gasteiger partial charge in [-0.25, -0.2) is 0 Å². The molecule has 2 N–H and O–H groups in total. The highest BCUT2D eigenvalue weighted by molar-refractivity contribution is 5.35. The summed E-state index contributed by atoms with van der Waals surface area (Å²) in [6, 6.07) is 9.49. The summed E-state index contributed by atoms with van der Waals surface area (Å²) in [5.41, 5.74) is 6.18. The summed E-state index contributed by atoms with van der Waals surface area (Å²) in [6.45, 7) is 4.00. The Balaban J connectivity index is 0. The Morgan fingerprint density at radius 3 is 1.45 bits per heavy atom. The maximum absolute atomic E-state index is 8.00. The number of nitrogens with two attached hydrogens (primary N) is 1. The zero-order chi connectivity index (χ0) is 9.11. The Morgan fingerprint density at radius 1 is 0.909 bits per heavy atom. The van der Waals surface area contributed by atoms with Crippen LogP contribution in [0, 0.1) is 0 Å². The molecule has 3 nitrogen and oxygen atoms in total. The van der Waals surface area contributed by atoms with Crippen molar-refractivity contribution in [1.82, 2.24) is 0 Å². The maximum Gasteiger partial charge on any atom is 0.106 e. The Hall–Kier alpha value is -1.64. The van der Waals surface area contributed by atoms with E-state index in [9.17, 15) is 0 Å². The van der Waals surface area contributed by atoms with Gasteiger partial charge in [-0.2, -0.15) is 0 Å². The van der Waals surface area contributed by atoms with Crippen LogP contribution < -0.4 is 5.73 Å². The van der Waals surface area contributed by atoms with E-state index < -0.39 is 0 Å². The van der Waals surface area contributed by atoms with Crippen LogP contribution in [0.5, 0.6) is 0 Å². The minimum absolute atomic E-state index is 0.822. The molecule has 0 bridgehead atoms. The first-order chi connectivity index (χ1) is 5.39. The molecule has 11 heavy (non-hydrogen) atoms. The van der Waals surface area contributed by atoms with E-state index in [0.717, 1.165) is 5.69 Å². The van der Waals surface area contributed by atoms with Crippen LogP contribution in [0.1, 0.15) is 0 Å². The van der Waals surface area contributed by atoms with Gasteiger partial charge in [-0.3, -0.25) is 0 Å². The van der Waals surface area contributed by atoms with Crippen LogP contribution in [0.3, 0.4) is 0 Å². The van der Waals surface area contributed by atoms with Gasteiger partial charge >= 0.3 is 0 Å². The molecule has 0 atom stereocenters. The highest BCUT2D eigenvalue weighted by atomic mass is 16.1. The predicted octanol–water partition coefficient (Wildman–Crippen LogP) is 0.899. The molecule has 0 spiro atoms. The SMILES string of the molecule is C=O.C=O.Nc1ccccc1. The summed E-state index contributed by atoms with van der Waals surface area (Å²) in [5, 5.41) is 0. The van der Waals surface area contributed by atoms with Crippen molar-refractivity contribution in [2.45, 2.75) is 0 Å². The molecular formula is C8H11NO2. The lowest BCUT2D eigenvalue weighted by molar-refractivity contribution is -0.0987. The lowest BCUT2D eigenvalue weighted by Crippen LogP contribution is -1.79.